The number of amides is 4. The number of nitrogens with one attached hydrogen (secondary N) is 4. The molecule has 0 bridgehead atoms. The highest BCUT2D eigenvalue weighted by atomic mass is 33.1. The predicted molar refractivity (Wildman–Crippen MR) is 139 cm³/mol. The molecule has 2 aliphatic carbocycles. The number of carbonyl (C=O) groups excluding carboxylic acids is 4. The quantitative estimate of drug-likeness (QED) is 0.135. The maximum Gasteiger partial charge on any atom is 0.243 e. The molecule has 2 atom stereocenters. The van der Waals surface area contributed by atoms with E-state index in [2.05, 4.69) is 21.3 Å². The lowest BCUT2D eigenvalue weighted by Gasteiger charge is -2.30. The summed E-state index contributed by atoms with van der Waals surface area (Å²) in [6.07, 6.45) is 14.9. The summed E-state index contributed by atoms with van der Waals surface area (Å²) >= 11 is 0. The molecule has 0 heterocycles. The molecule has 0 spiro atoms. The molecule has 10 heteroatoms. The Labute approximate surface area is 212 Å². The zero-order valence-electron chi connectivity index (χ0n) is 20.2. The lowest BCUT2D eigenvalue weighted by atomic mass is 9.84. The maximum atomic E-state index is 12.4. The van der Waals surface area contributed by atoms with Gasteiger partial charge in [0.25, 0.3) is 0 Å². The summed E-state index contributed by atoms with van der Waals surface area (Å²) < 4.78 is 0. The minimum absolute atomic E-state index is 0.00409. The van der Waals surface area contributed by atoms with Crippen molar-refractivity contribution in [1.82, 2.24) is 21.3 Å². The first-order chi connectivity index (χ1) is 16.6. The average Bonchev–Trinajstić information content (AvgIpc) is 2.86. The molecule has 0 aromatic carbocycles. The van der Waals surface area contributed by atoms with Crippen molar-refractivity contribution in [3.63, 3.8) is 0 Å². The van der Waals surface area contributed by atoms with Crippen LogP contribution in [0.1, 0.15) is 77.0 Å². The third kappa shape index (κ3) is 11.8. The van der Waals surface area contributed by atoms with Crippen LogP contribution in [0.15, 0.2) is 0 Å². The average molecular weight is 515 g/mol. The fourth-order valence-corrected chi connectivity index (χ4v) is 7.05. The summed E-state index contributed by atoms with van der Waals surface area (Å²) in [5.41, 5.74) is 0. The number of hydrogen-bond donors (Lipinski definition) is 4. The molecule has 2 saturated carbocycles. The molecule has 194 valence electrons. The van der Waals surface area contributed by atoms with E-state index in [0.717, 1.165) is 25.7 Å². The Morgan fingerprint density at radius 2 is 1.53 bits per heavy atom. The van der Waals surface area contributed by atoms with Crippen molar-refractivity contribution in [3.8, 4) is 0 Å². The van der Waals surface area contributed by atoms with Gasteiger partial charge in [-0.3, -0.25) is 19.2 Å². The molecule has 4 amide bonds. The van der Waals surface area contributed by atoms with Crippen molar-refractivity contribution in [3.05, 3.63) is 0 Å². The Hall–Kier alpha value is -1.42. The topological polar surface area (TPSA) is 116 Å². The normalized spacial score (nSPS) is 18.9. The van der Waals surface area contributed by atoms with Gasteiger partial charge in [-0.05, 0) is 31.1 Å². The predicted octanol–water partition coefficient (Wildman–Crippen LogP) is 2.77. The van der Waals surface area contributed by atoms with Crippen molar-refractivity contribution in [2.24, 2.45) is 11.8 Å². The van der Waals surface area contributed by atoms with Gasteiger partial charge in [-0.15, -0.1) is 0 Å². The van der Waals surface area contributed by atoms with E-state index >= 15 is 0 Å². The molecule has 0 radical (unpaired) electrons. The van der Waals surface area contributed by atoms with E-state index in [1.807, 2.05) is 0 Å². The van der Waals surface area contributed by atoms with E-state index in [9.17, 15) is 19.2 Å². The minimum atomic E-state index is -0.569. The van der Waals surface area contributed by atoms with Crippen molar-refractivity contribution >= 4 is 46.2 Å². The SMILES string of the molecule is O=CNC(CSSCCC(=O)NCC(NC=O)C1CCCCC1)C(=O)NCCC1CCCCC1. The highest BCUT2D eigenvalue weighted by Gasteiger charge is 2.23. The van der Waals surface area contributed by atoms with Crippen molar-refractivity contribution in [2.45, 2.75) is 89.1 Å². The summed E-state index contributed by atoms with van der Waals surface area (Å²) in [7, 11) is 3.00. The Kier molecular flexibility index (Phi) is 15.2. The Bertz CT molecular complexity index is 614. The van der Waals surface area contributed by atoms with Gasteiger partial charge in [0.05, 0.1) is 0 Å². The lowest BCUT2D eigenvalue weighted by molar-refractivity contribution is -0.124. The molecule has 2 rings (SSSR count). The van der Waals surface area contributed by atoms with Crippen molar-refractivity contribution in [2.75, 3.05) is 24.6 Å². The molecule has 34 heavy (non-hydrogen) atoms. The van der Waals surface area contributed by atoms with Crippen molar-refractivity contribution in [1.29, 1.82) is 0 Å². The van der Waals surface area contributed by atoms with Crippen LogP contribution < -0.4 is 21.3 Å². The summed E-state index contributed by atoms with van der Waals surface area (Å²) in [5.74, 6) is 2.01. The largest absolute Gasteiger partial charge is 0.354 e. The highest BCUT2D eigenvalue weighted by Crippen LogP contribution is 2.27. The molecule has 0 aromatic rings. The zero-order valence-corrected chi connectivity index (χ0v) is 21.9. The fraction of sp³-hybridized carbons (Fsp3) is 0.833. The first-order valence-electron chi connectivity index (χ1n) is 12.8. The van der Waals surface area contributed by atoms with E-state index in [1.165, 1.54) is 73.0 Å². The van der Waals surface area contributed by atoms with E-state index in [4.69, 9.17) is 0 Å². The van der Waals surface area contributed by atoms with Crippen LogP contribution in [-0.2, 0) is 19.2 Å². The standard InChI is InChI=1S/C24H42N4O4S2/c29-17-27-21(20-9-5-2-6-10-20)15-26-23(31)12-14-33-34-16-22(28-18-30)24(32)25-13-11-19-7-3-1-4-8-19/h17-22H,1-16H2,(H,25,32)(H,26,31)(H,27,29)(H,28,30). The van der Waals surface area contributed by atoms with Crippen LogP contribution in [0.3, 0.4) is 0 Å². The van der Waals surface area contributed by atoms with Crippen molar-refractivity contribution < 1.29 is 19.2 Å². The molecule has 4 N–H and O–H groups in total. The minimum Gasteiger partial charge on any atom is -0.354 e. The van der Waals surface area contributed by atoms with E-state index < -0.39 is 6.04 Å². The molecule has 0 saturated heterocycles. The molecular formula is C24H42N4O4S2. The van der Waals surface area contributed by atoms with Crippen LogP contribution in [0.2, 0.25) is 0 Å². The maximum absolute atomic E-state index is 12.4. The number of rotatable bonds is 17. The second-order valence-electron chi connectivity index (χ2n) is 9.37. The molecule has 2 aliphatic rings. The summed E-state index contributed by atoms with van der Waals surface area (Å²) in [4.78, 5) is 46.5. The summed E-state index contributed by atoms with van der Waals surface area (Å²) in [5, 5.41) is 11.4. The monoisotopic (exact) mass is 514 g/mol. The van der Waals surface area contributed by atoms with Gasteiger partial charge in [0, 0.05) is 37.1 Å². The Morgan fingerprint density at radius 3 is 2.21 bits per heavy atom. The molecule has 0 aromatic heterocycles. The Morgan fingerprint density at radius 1 is 0.853 bits per heavy atom. The zero-order chi connectivity index (χ0) is 24.4. The van der Waals surface area contributed by atoms with Crippen LogP contribution >= 0.6 is 21.6 Å². The molecule has 0 aliphatic heterocycles. The molecular weight excluding hydrogens is 472 g/mol. The van der Waals surface area contributed by atoms with Gasteiger partial charge in [0.1, 0.15) is 6.04 Å². The Balaban J connectivity index is 1.57. The van der Waals surface area contributed by atoms with E-state index in [-0.39, 0.29) is 17.9 Å². The molecule has 2 fully saturated rings. The lowest BCUT2D eigenvalue weighted by Crippen LogP contribution is -2.45. The van der Waals surface area contributed by atoms with Gasteiger partial charge in [-0.2, -0.15) is 0 Å². The molecule has 8 nitrogen and oxygen atoms in total. The number of carbonyl (C=O) groups is 4. The van der Waals surface area contributed by atoms with Gasteiger partial charge in [-0.1, -0.05) is 73.0 Å². The first kappa shape index (κ1) is 28.8. The smallest absolute Gasteiger partial charge is 0.243 e. The van der Waals surface area contributed by atoms with E-state index in [1.54, 1.807) is 0 Å². The third-order valence-corrected chi connectivity index (χ3v) is 9.33. The van der Waals surface area contributed by atoms with Crippen LogP contribution in [0.4, 0.5) is 0 Å². The van der Waals surface area contributed by atoms with Gasteiger partial charge < -0.3 is 21.3 Å². The van der Waals surface area contributed by atoms with E-state index in [0.29, 0.717) is 49.3 Å². The fourth-order valence-electron chi connectivity index (χ4n) is 4.89. The van der Waals surface area contributed by atoms with Crippen LogP contribution in [0.25, 0.3) is 0 Å². The highest BCUT2D eigenvalue weighted by molar-refractivity contribution is 8.76. The van der Waals surface area contributed by atoms with Crippen LogP contribution in [0, 0.1) is 11.8 Å². The van der Waals surface area contributed by atoms with Crippen LogP contribution in [-0.4, -0.2) is 61.3 Å². The second-order valence-corrected chi connectivity index (χ2v) is 12.0. The van der Waals surface area contributed by atoms with Gasteiger partial charge in [-0.25, -0.2) is 0 Å². The summed E-state index contributed by atoms with van der Waals surface area (Å²) in [6, 6.07) is -0.573. The summed E-state index contributed by atoms with van der Waals surface area (Å²) in [6.45, 7) is 1.12. The van der Waals surface area contributed by atoms with Gasteiger partial charge in [0.15, 0.2) is 0 Å². The van der Waals surface area contributed by atoms with Crippen LogP contribution in [0.5, 0.6) is 0 Å². The van der Waals surface area contributed by atoms with Gasteiger partial charge in [0.2, 0.25) is 24.6 Å². The number of hydrogen-bond acceptors (Lipinski definition) is 6. The second kappa shape index (κ2) is 17.9. The first-order valence-corrected chi connectivity index (χ1v) is 15.3. The molecule has 2 unspecified atom stereocenters. The van der Waals surface area contributed by atoms with Gasteiger partial charge >= 0.3 is 0 Å². The third-order valence-electron chi connectivity index (χ3n) is 6.91.